The highest BCUT2D eigenvalue weighted by atomic mass is 35.5. The van der Waals surface area contributed by atoms with Crippen molar-refractivity contribution in [3.05, 3.63) is 29.8 Å². The second-order valence-electron chi connectivity index (χ2n) is 6.02. The number of nitrogens with zero attached hydrogens (tertiary/aromatic N) is 1. The van der Waals surface area contributed by atoms with Crippen molar-refractivity contribution in [3.8, 4) is 0 Å². The first-order valence-corrected chi connectivity index (χ1v) is 9.39. The van der Waals surface area contributed by atoms with E-state index in [1.807, 2.05) is 34.9 Å². The highest BCUT2D eigenvalue weighted by Crippen LogP contribution is 2.21. The molecule has 2 saturated heterocycles. The van der Waals surface area contributed by atoms with Crippen molar-refractivity contribution in [2.24, 2.45) is 0 Å². The summed E-state index contributed by atoms with van der Waals surface area (Å²) < 4.78 is 0. The Labute approximate surface area is 153 Å². The number of likely N-dealkylation sites (tertiary alicyclic amines) is 1. The minimum atomic E-state index is -0.0355. The Bertz CT molecular complexity index is 573. The van der Waals surface area contributed by atoms with Gasteiger partial charge in [0, 0.05) is 43.6 Å². The normalized spacial score (nSPS) is 20.3. The van der Waals surface area contributed by atoms with E-state index >= 15 is 0 Å². The standard InChI is InChI=1S/C17H23N3O2S.ClH/c21-16(11-13-12-23-10-7-18-13)19-15-6-2-1-5-14(15)17(22)20-8-3-4-9-20;/h1-2,5-6,13,18H,3-4,7-12H2,(H,19,21);1H. The molecule has 1 aromatic rings. The molecule has 3 rings (SSSR count). The van der Waals surface area contributed by atoms with Crippen molar-refractivity contribution in [2.45, 2.75) is 25.3 Å². The van der Waals surface area contributed by atoms with Crippen LogP contribution in [0, 0.1) is 0 Å². The quantitative estimate of drug-likeness (QED) is 0.855. The van der Waals surface area contributed by atoms with Gasteiger partial charge in [-0.1, -0.05) is 12.1 Å². The monoisotopic (exact) mass is 369 g/mol. The summed E-state index contributed by atoms with van der Waals surface area (Å²) in [7, 11) is 0. The van der Waals surface area contributed by atoms with E-state index in [1.54, 1.807) is 6.07 Å². The lowest BCUT2D eigenvalue weighted by Crippen LogP contribution is -2.40. The second kappa shape index (κ2) is 9.30. The maximum absolute atomic E-state index is 12.6. The highest BCUT2D eigenvalue weighted by Gasteiger charge is 2.23. The number of halogens is 1. The summed E-state index contributed by atoms with van der Waals surface area (Å²) >= 11 is 1.87. The number of carbonyl (C=O) groups excluding carboxylic acids is 2. The average Bonchev–Trinajstić information content (AvgIpc) is 3.10. The van der Waals surface area contributed by atoms with Gasteiger partial charge in [0.1, 0.15) is 0 Å². The molecule has 5 nitrogen and oxygen atoms in total. The zero-order valence-electron chi connectivity index (χ0n) is 13.6. The highest BCUT2D eigenvalue weighted by molar-refractivity contribution is 7.99. The number of para-hydroxylation sites is 1. The van der Waals surface area contributed by atoms with Crippen LogP contribution in [-0.2, 0) is 4.79 Å². The molecule has 2 fully saturated rings. The molecule has 132 valence electrons. The molecule has 7 heteroatoms. The van der Waals surface area contributed by atoms with Gasteiger partial charge >= 0.3 is 0 Å². The van der Waals surface area contributed by atoms with Crippen LogP contribution < -0.4 is 10.6 Å². The molecule has 24 heavy (non-hydrogen) atoms. The Kier molecular flexibility index (Phi) is 7.40. The lowest BCUT2D eigenvalue weighted by Gasteiger charge is -2.23. The molecular formula is C17H24ClN3O2S. The fraction of sp³-hybridized carbons (Fsp3) is 0.529. The summed E-state index contributed by atoms with van der Waals surface area (Å²) in [4.78, 5) is 26.8. The van der Waals surface area contributed by atoms with Crippen LogP contribution in [0.2, 0.25) is 0 Å². The van der Waals surface area contributed by atoms with Crippen LogP contribution in [-0.4, -0.2) is 53.9 Å². The maximum atomic E-state index is 12.6. The van der Waals surface area contributed by atoms with Gasteiger partial charge in [0.05, 0.1) is 11.3 Å². The number of nitrogens with one attached hydrogen (secondary N) is 2. The minimum Gasteiger partial charge on any atom is -0.339 e. The van der Waals surface area contributed by atoms with Crippen molar-refractivity contribution in [2.75, 3.05) is 36.5 Å². The van der Waals surface area contributed by atoms with E-state index < -0.39 is 0 Å². The molecule has 2 heterocycles. The van der Waals surface area contributed by atoms with Gasteiger partial charge in [-0.2, -0.15) is 11.8 Å². The Morgan fingerprint density at radius 3 is 2.71 bits per heavy atom. The van der Waals surface area contributed by atoms with Crippen molar-refractivity contribution < 1.29 is 9.59 Å². The van der Waals surface area contributed by atoms with Crippen LogP contribution in [0.1, 0.15) is 29.6 Å². The fourth-order valence-electron chi connectivity index (χ4n) is 3.05. The molecule has 2 N–H and O–H groups in total. The zero-order valence-corrected chi connectivity index (χ0v) is 15.3. The molecule has 0 bridgehead atoms. The van der Waals surface area contributed by atoms with Gasteiger partial charge < -0.3 is 15.5 Å². The molecule has 2 aliphatic rings. The third-order valence-electron chi connectivity index (χ3n) is 4.26. The molecule has 1 aromatic carbocycles. The van der Waals surface area contributed by atoms with Crippen molar-refractivity contribution in [3.63, 3.8) is 0 Å². The topological polar surface area (TPSA) is 61.4 Å². The maximum Gasteiger partial charge on any atom is 0.255 e. The number of carbonyl (C=O) groups is 2. The third kappa shape index (κ3) is 4.88. The molecule has 0 aliphatic carbocycles. The Balaban J connectivity index is 0.00000208. The Morgan fingerprint density at radius 2 is 2.00 bits per heavy atom. The van der Waals surface area contributed by atoms with E-state index in [0.29, 0.717) is 17.7 Å². The van der Waals surface area contributed by atoms with E-state index in [1.165, 1.54) is 0 Å². The number of benzene rings is 1. The average molecular weight is 370 g/mol. The summed E-state index contributed by atoms with van der Waals surface area (Å²) in [6.45, 7) is 2.57. The summed E-state index contributed by atoms with van der Waals surface area (Å²) in [5, 5.41) is 6.29. The van der Waals surface area contributed by atoms with Crippen LogP contribution in [0.25, 0.3) is 0 Å². The molecule has 2 amide bonds. The lowest BCUT2D eigenvalue weighted by atomic mass is 10.1. The van der Waals surface area contributed by atoms with E-state index in [9.17, 15) is 9.59 Å². The largest absolute Gasteiger partial charge is 0.339 e. The third-order valence-corrected chi connectivity index (χ3v) is 5.39. The van der Waals surface area contributed by atoms with Gasteiger partial charge in [0.2, 0.25) is 5.91 Å². The van der Waals surface area contributed by atoms with E-state index in [0.717, 1.165) is 44.0 Å². The summed E-state index contributed by atoms with van der Waals surface area (Å²) in [6, 6.07) is 7.52. The Hall–Kier alpha value is -1.24. The van der Waals surface area contributed by atoms with Crippen molar-refractivity contribution >= 4 is 41.7 Å². The molecule has 1 atom stereocenters. The zero-order chi connectivity index (χ0) is 16.1. The van der Waals surface area contributed by atoms with Crippen molar-refractivity contribution in [1.29, 1.82) is 0 Å². The number of thioether (sulfide) groups is 1. The number of amides is 2. The summed E-state index contributed by atoms with van der Waals surface area (Å²) in [5.41, 5.74) is 1.21. The first kappa shape index (κ1) is 19.1. The van der Waals surface area contributed by atoms with Crippen LogP contribution >= 0.6 is 24.2 Å². The van der Waals surface area contributed by atoms with E-state index in [-0.39, 0.29) is 30.3 Å². The molecule has 0 aromatic heterocycles. The number of hydrogen-bond donors (Lipinski definition) is 2. The molecule has 0 saturated carbocycles. The van der Waals surface area contributed by atoms with Crippen LogP contribution in [0.5, 0.6) is 0 Å². The smallest absolute Gasteiger partial charge is 0.255 e. The molecular weight excluding hydrogens is 346 g/mol. The molecule has 0 radical (unpaired) electrons. The Morgan fingerprint density at radius 1 is 1.25 bits per heavy atom. The van der Waals surface area contributed by atoms with Crippen molar-refractivity contribution in [1.82, 2.24) is 10.2 Å². The molecule has 0 spiro atoms. The summed E-state index contributed by atoms with van der Waals surface area (Å²) in [6.07, 6.45) is 2.57. The van der Waals surface area contributed by atoms with Crippen LogP contribution in [0.15, 0.2) is 24.3 Å². The first-order valence-electron chi connectivity index (χ1n) is 8.23. The van der Waals surface area contributed by atoms with E-state index in [4.69, 9.17) is 0 Å². The number of anilines is 1. The number of hydrogen-bond acceptors (Lipinski definition) is 4. The minimum absolute atomic E-state index is 0. The predicted molar refractivity (Wildman–Crippen MR) is 101 cm³/mol. The molecule has 1 unspecified atom stereocenters. The van der Waals surface area contributed by atoms with Gasteiger partial charge in [-0.05, 0) is 25.0 Å². The van der Waals surface area contributed by atoms with E-state index in [2.05, 4.69) is 10.6 Å². The SMILES string of the molecule is Cl.O=C(CC1CSCCN1)Nc1ccccc1C(=O)N1CCCC1. The molecule has 2 aliphatic heterocycles. The lowest BCUT2D eigenvalue weighted by molar-refractivity contribution is -0.116. The summed E-state index contributed by atoms with van der Waals surface area (Å²) in [5.74, 6) is 2.05. The van der Waals surface area contributed by atoms with Gasteiger partial charge in [-0.25, -0.2) is 0 Å². The first-order chi connectivity index (χ1) is 11.2. The van der Waals surface area contributed by atoms with Gasteiger partial charge in [0.15, 0.2) is 0 Å². The van der Waals surface area contributed by atoms with Crippen LogP contribution in [0.3, 0.4) is 0 Å². The second-order valence-corrected chi connectivity index (χ2v) is 7.17. The number of rotatable bonds is 4. The van der Waals surface area contributed by atoms with Gasteiger partial charge in [-0.15, -0.1) is 12.4 Å². The fourth-order valence-corrected chi connectivity index (χ4v) is 3.99. The van der Waals surface area contributed by atoms with Crippen LogP contribution in [0.4, 0.5) is 5.69 Å². The van der Waals surface area contributed by atoms with Gasteiger partial charge in [-0.3, -0.25) is 9.59 Å². The van der Waals surface area contributed by atoms with Gasteiger partial charge in [0.25, 0.3) is 5.91 Å². The predicted octanol–water partition coefficient (Wildman–Crippen LogP) is 2.38.